The van der Waals surface area contributed by atoms with Crippen molar-refractivity contribution in [2.24, 2.45) is 5.73 Å². The number of nitrogens with zero attached hydrogens (tertiary/aromatic N) is 1. The highest BCUT2D eigenvalue weighted by Gasteiger charge is 2.48. The molecule has 0 spiro atoms. The number of primary amides is 1. The smallest absolute Gasteiger partial charge is 0.325 e. The monoisotopic (exact) mass is 431 g/mol. The highest BCUT2D eigenvalue weighted by molar-refractivity contribution is 9.10. The molecule has 1 fully saturated rings. The minimum Gasteiger partial charge on any atom is -0.492 e. The predicted octanol–water partition coefficient (Wildman–Crippen LogP) is 2.39. The van der Waals surface area contributed by atoms with Crippen LogP contribution in [0.2, 0.25) is 0 Å². The third-order valence-electron chi connectivity index (χ3n) is 4.40. The second-order valence-corrected chi connectivity index (χ2v) is 7.18. The van der Waals surface area contributed by atoms with E-state index in [1.807, 2.05) is 12.1 Å². The van der Waals surface area contributed by atoms with Crippen LogP contribution in [0.15, 0.2) is 53.0 Å². The van der Waals surface area contributed by atoms with Crippen LogP contribution in [0.5, 0.6) is 5.75 Å². The number of benzene rings is 2. The van der Waals surface area contributed by atoms with Crippen molar-refractivity contribution in [3.05, 3.63) is 64.1 Å². The molecule has 8 heteroatoms. The van der Waals surface area contributed by atoms with Crippen molar-refractivity contribution in [1.82, 2.24) is 10.2 Å². The molecule has 1 aliphatic rings. The molecule has 1 aliphatic heterocycles. The molecule has 0 radical (unpaired) electrons. The van der Waals surface area contributed by atoms with E-state index in [-0.39, 0.29) is 18.7 Å². The Morgan fingerprint density at radius 2 is 1.93 bits per heavy atom. The van der Waals surface area contributed by atoms with Gasteiger partial charge in [-0.1, -0.05) is 28.1 Å². The number of urea groups is 1. The highest BCUT2D eigenvalue weighted by atomic mass is 79.9. The van der Waals surface area contributed by atoms with Crippen molar-refractivity contribution >= 4 is 33.8 Å². The number of imide groups is 1. The molecule has 0 aromatic heterocycles. The molecule has 1 atom stereocenters. The Balaban J connectivity index is 1.71. The van der Waals surface area contributed by atoms with Crippen LogP contribution in [-0.4, -0.2) is 35.9 Å². The van der Waals surface area contributed by atoms with E-state index in [1.165, 1.54) is 6.07 Å². The van der Waals surface area contributed by atoms with E-state index < -0.39 is 23.4 Å². The lowest BCUT2D eigenvalue weighted by Crippen LogP contribution is -2.41. The Morgan fingerprint density at radius 3 is 2.59 bits per heavy atom. The first-order valence-corrected chi connectivity index (χ1v) is 9.03. The van der Waals surface area contributed by atoms with Gasteiger partial charge >= 0.3 is 6.03 Å². The molecule has 3 rings (SSSR count). The summed E-state index contributed by atoms with van der Waals surface area (Å²) in [6.45, 7) is 1.87. The van der Waals surface area contributed by atoms with Gasteiger partial charge in [-0.2, -0.15) is 0 Å². The lowest BCUT2D eigenvalue weighted by molar-refractivity contribution is -0.131. The van der Waals surface area contributed by atoms with Crippen LogP contribution in [0.3, 0.4) is 0 Å². The first kappa shape index (κ1) is 18.9. The molecule has 1 unspecified atom stereocenters. The minimum atomic E-state index is -1.26. The third-order valence-corrected chi connectivity index (χ3v) is 4.93. The second-order valence-electron chi connectivity index (χ2n) is 6.26. The first-order chi connectivity index (χ1) is 12.8. The largest absolute Gasteiger partial charge is 0.492 e. The lowest BCUT2D eigenvalue weighted by Gasteiger charge is -2.22. The molecular formula is C19H18BrN3O4. The quantitative estimate of drug-likeness (QED) is 0.685. The number of ether oxygens (including phenoxy) is 1. The van der Waals surface area contributed by atoms with Crippen molar-refractivity contribution in [1.29, 1.82) is 0 Å². The van der Waals surface area contributed by atoms with E-state index in [2.05, 4.69) is 21.2 Å². The molecule has 0 bridgehead atoms. The van der Waals surface area contributed by atoms with Crippen LogP contribution in [0.25, 0.3) is 0 Å². The topological polar surface area (TPSA) is 102 Å². The van der Waals surface area contributed by atoms with E-state index in [0.29, 0.717) is 11.3 Å². The van der Waals surface area contributed by atoms with Crippen molar-refractivity contribution in [3.63, 3.8) is 0 Å². The Hall–Kier alpha value is -2.87. The van der Waals surface area contributed by atoms with Crippen LogP contribution in [0.4, 0.5) is 4.79 Å². The Bertz CT molecular complexity index is 900. The number of hydrogen-bond acceptors (Lipinski definition) is 4. The first-order valence-electron chi connectivity index (χ1n) is 8.24. The summed E-state index contributed by atoms with van der Waals surface area (Å²) in [4.78, 5) is 37.7. The average Bonchev–Trinajstić information content (AvgIpc) is 2.87. The zero-order chi connectivity index (χ0) is 19.6. The van der Waals surface area contributed by atoms with E-state index in [0.717, 1.165) is 9.37 Å². The maximum Gasteiger partial charge on any atom is 0.325 e. The van der Waals surface area contributed by atoms with Gasteiger partial charge in [0.25, 0.3) is 5.91 Å². The molecule has 3 N–H and O–H groups in total. The van der Waals surface area contributed by atoms with Crippen molar-refractivity contribution in [3.8, 4) is 5.75 Å². The summed E-state index contributed by atoms with van der Waals surface area (Å²) in [5, 5.41) is 2.69. The van der Waals surface area contributed by atoms with Gasteiger partial charge in [0.2, 0.25) is 5.91 Å². The van der Waals surface area contributed by atoms with Gasteiger partial charge < -0.3 is 15.8 Å². The summed E-state index contributed by atoms with van der Waals surface area (Å²) < 4.78 is 6.52. The molecule has 7 nitrogen and oxygen atoms in total. The summed E-state index contributed by atoms with van der Waals surface area (Å²) in [6, 6.07) is 13.1. The molecule has 1 saturated heterocycles. The molecular weight excluding hydrogens is 414 g/mol. The number of rotatable bonds is 6. The van der Waals surface area contributed by atoms with Crippen molar-refractivity contribution in [2.45, 2.75) is 12.5 Å². The SMILES string of the molecule is CC1(c2cccc(C(N)=O)c2)NC(=O)N(CCOc2ccc(Br)cc2)C1=O. The molecule has 0 aliphatic carbocycles. The van der Waals surface area contributed by atoms with Gasteiger partial charge in [-0.25, -0.2) is 4.79 Å². The van der Waals surface area contributed by atoms with Crippen LogP contribution >= 0.6 is 15.9 Å². The van der Waals surface area contributed by atoms with E-state index in [4.69, 9.17) is 10.5 Å². The van der Waals surface area contributed by atoms with Gasteiger partial charge in [0.1, 0.15) is 17.9 Å². The number of amides is 4. The number of halogens is 1. The van der Waals surface area contributed by atoms with Crippen molar-refractivity contribution in [2.75, 3.05) is 13.2 Å². The molecule has 2 aromatic carbocycles. The number of hydrogen-bond donors (Lipinski definition) is 2. The minimum absolute atomic E-state index is 0.103. The van der Waals surface area contributed by atoms with E-state index in [9.17, 15) is 14.4 Å². The summed E-state index contributed by atoms with van der Waals surface area (Å²) in [5.41, 5.74) is 4.80. The highest BCUT2D eigenvalue weighted by Crippen LogP contribution is 2.29. The standard InChI is InChI=1S/C19H18BrN3O4/c1-19(13-4-2-3-12(11-13)16(21)24)17(25)23(18(26)22-19)9-10-27-15-7-5-14(20)6-8-15/h2-8,11H,9-10H2,1H3,(H2,21,24)(H,22,26). The van der Waals surface area contributed by atoms with Gasteiger partial charge in [-0.15, -0.1) is 0 Å². The Labute approximate surface area is 164 Å². The zero-order valence-electron chi connectivity index (χ0n) is 14.6. The molecule has 2 aromatic rings. The summed E-state index contributed by atoms with van der Waals surface area (Å²) in [5.74, 6) is -0.368. The normalized spacial score (nSPS) is 19.1. The summed E-state index contributed by atoms with van der Waals surface area (Å²) in [6.07, 6.45) is 0. The van der Waals surface area contributed by atoms with E-state index >= 15 is 0 Å². The number of nitrogens with two attached hydrogens (primary N) is 1. The Morgan fingerprint density at radius 1 is 1.22 bits per heavy atom. The maximum atomic E-state index is 12.9. The molecule has 1 heterocycles. The maximum absolute atomic E-state index is 12.9. The van der Waals surface area contributed by atoms with Gasteiger partial charge in [0.05, 0.1) is 6.54 Å². The number of nitrogens with one attached hydrogen (secondary N) is 1. The second kappa shape index (κ2) is 7.40. The third kappa shape index (κ3) is 3.80. The van der Waals surface area contributed by atoms with E-state index in [1.54, 1.807) is 37.3 Å². The van der Waals surface area contributed by atoms with Crippen molar-refractivity contribution < 1.29 is 19.1 Å². The number of carbonyl (C=O) groups is 3. The average molecular weight is 432 g/mol. The van der Waals surface area contributed by atoms with Gasteiger partial charge in [0, 0.05) is 10.0 Å². The molecule has 4 amide bonds. The van der Waals surface area contributed by atoms with Crippen LogP contribution in [0, 0.1) is 0 Å². The molecule has 0 saturated carbocycles. The fraction of sp³-hybridized carbons (Fsp3) is 0.211. The number of carbonyl (C=O) groups excluding carboxylic acids is 3. The van der Waals surface area contributed by atoms with Gasteiger partial charge in [-0.3, -0.25) is 14.5 Å². The Kier molecular flexibility index (Phi) is 5.18. The fourth-order valence-corrected chi connectivity index (χ4v) is 3.13. The molecule has 27 heavy (non-hydrogen) atoms. The summed E-state index contributed by atoms with van der Waals surface area (Å²) in [7, 11) is 0. The molecule has 140 valence electrons. The van der Waals surface area contributed by atoms with Crippen LogP contribution in [-0.2, 0) is 10.3 Å². The zero-order valence-corrected chi connectivity index (χ0v) is 16.2. The predicted molar refractivity (Wildman–Crippen MR) is 102 cm³/mol. The summed E-state index contributed by atoms with van der Waals surface area (Å²) >= 11 is 3.34. The van der Waals surface area contributed by atoms with Gasteiger partial charge in [-0.05, 0) is 48.9 Å². The lowest BCUT2D eigenvalue weighted by atomic mass is 9.90. The van der Waals surface area contributed by atoms with Crippen LogP contribution < -0.4 is 15.8 Å². The fourth-order valence-electron chi connectivity index (χ4n) is 2.86. The van der Waals surface area contributed by atoms with Crippen LogP contribution in [0.1, 0.15) is 22.8 Å². The van der Waals surface area contributed by atoms with Gasteiger partial charge in [0.15, 0.2) is 0 Å².